The highest BCUT2D eigenvalue weighted by molar-refractivity contribution is 6.19. The Balaban J connectivity index is 3.21. The molecule has 0 radical (unpaired) electrons. The van der Waals surface area contributed by atoms with Crippen molar-refractivity contribution in [3.8, 4) is 11.5 Å². The van der Waals surface area contributed by atoms with E-state index in [1.54, 1.807) is 13.2 Å². The molecule has 0 spiro atoms. The van der Waals surface area contributed by atoms with Crippen LogP contribution in [-0.2, 0) is 0 Å². The molecule has 88 valence electrons. The van der Waals surface area contributed by atoms with E-state index < -0.39 is 0 Å². The van der Waals surface area contributed by atoms with E-state index >= 15 is 0 Å². The van der Waals surface area contributed by atoms with Crippen LogP contribution in [0.25, 0.3) is 0 Å². The first kappa shape index (κ1) is 12.8. The molecular formula is C12H15ClO3. The number of benzene rings is 1. The van der Waals surface area contributed by atoms with Gasteiger partial charge in [-0.15, -0.1) is 11.6 Å². The number of hydrogen-bond donors (Lipinski definition) is 0. The number of methoxy groups -OCH3 is 2. The van der Waals surface area contributed by atoms with Crippen molar-refractivity contribution in [2.24, 2.45) is 0 Å². The Hall–Kier alpha value is -1.22. The standard InChI is InChI=1S/C12H15ClO3/c1-8-6-9(15-2)7-11(16-3)12(8)10(14)4-5-13/h6-7H,4-5H2,1-3H3. The minimum absolute atomic E-state index is 0.00740. The highest BCUT2D eigenvalue weighted by Gasteiger charge is 2.16. The summed E-state index contributed by atoms with van der Waals surface area (Å²) in [5.41, 5.74) is 1.43. The molecule has 1 aromatic rings. The fraction of sp³-hybridized carbons (Fsp3) is 0.417. The van der Waals surface area contributed by atoms with Gasteiger partial charge in [-0.25, -0.2) is 0 Å². The van der Waals surface area contributed by atoms with Crippen molar-refractivity contribution in [1.82, 2.24) is 0 Å². The van der Waals surface area contributed by atoms with Gasteiger partial charge in [0.2, 0.25) is 0 Å². The second-order valence-electron chi connectivity index (χ2n) is 3.38. The first-order chi connectivity index (χ1) is 7.63. The maximum absolute atomic E-state index is 11.8. The molecule has 0 amide bonds. The summed E-state index contributed by atoms with van der Waals surface area (Å²) >= 11 is 5.57. The van der Waals surface area contributed by atoms with Gasteiger partial charge in [-0.2, -0.15) is 0 Å². The number of ether oxygens (including phenoxy) is 2. The molecule has 4 heteroatoms. The van der Waals surface area contributed by atoms with Crippen LogP contribution in [0.15, 0.2) is 12.1 Å². The van der Waals surface area contributed by atoms with Crippen molar-refractivity contribution in [1.29, 1.82) is 0 Å². The van der Waals surface area contributed by atoms with Crippen molar-refractivity contribution in [2.75, 3.05) is 20.1 Å². The van der Waals surface area contributed by atoms with Crippen LogP contribution in [0.3, 0.4) is 0 Å². The first-order valence-corrected chi connectivity index (χ1v) is 5.49. The lowest BCUT2D eigenvalue weighted by Crippen LogP contribution is -2.06. The van der Waals surface area contributed by atoms with Crippen molar-refractivity contribution >= 4 is 17.4 Å². The van der Waals surface area contributed by atoms with Gasteiger partial charge in [0.15, 0.2) is 5.78 Å². The van der Waals surface area contributed by atoms with Crippen molar-refractivity contribution < 1.29 is 14.3 Å². The van der Waals surface area contributed by atoms with E-state index in [0.717, 1.165) is 5.56 Å². The molecule has 0 aliphatic heterocycles. The van der Waals surface area contributed by atoms with Gasteiger partial charge in [-0.1, -0.05) is 0 Å². The number of rotatable bonds is 5. The molecule has 0 saturated heterocycles. The molecule has 0 unspecified atom stereocenters. The summed E-state index contributed by atoms with van der Waals surface area (Å²) in [5, 5.41) is 0. The molecule has 0 saturated carbocycles. The van der Waals surface area contributed by atoms with Gasteiger partial charge >= 0.3 is 0 Å². The average Bonchev–Trinajstić information content (AvgIpc) is 2.27. The third-order valence-electron chi connectivity index (χ3n) is 2.33. The molecule has 0 atom stereocenters. The zero-order chi connectivity index (χ0) is 12.1. The maximum atomic E-state index is 11.8. The molecular weight excluding hydrogens is 228 g/mol. The van der Waals surface area contributed by atoms with Crippen LogP contribution in [0.4, 0.5) is 0 Å². The smallest absolute Gasteiger partial charge is 0.168 e. The first-order valence-electron chi connectivity index (χ1n) is 4.95. The summed E-state index contributed by atoms with van der Waals surface area (Å²) in [6.07, 6.45) is 0.311. The number of carbonyl (C=O) groups is 1. The number of alkyl halides is 1. The van der Waals surface area contributed by atoms with E-state index in [0.29, 0.717) is 29.4 Å². The highest BCUT2D eigenvalue weighted by Crippen LogP contribution is 2.29. The summed E-state index contributed by atoms with van der Waals surface area (Å²) in [6.45, 7) is 1.85. The van der Waals surface area contributed by atoms with Crippen LogP contribution >= 0.6 is 11.6 Å². The predicted octanol–water partition coefficient (Wildman–Crippen LogP) is 2.82. The van der Waals surface area contributed by atoms with Crippen LogP contribution in [0.2, 0.25) is 0 Å². The molecule has 0 N–H and O–H groups in total. The van der Waals surface area contributed by atoms with Gasteiger partial charge in [0.25, 0.3) is 0 Å². The molecule has 1 rings (SSSR count). The van der Waals surface area contributed by atoms with E-state index in [9.17, 15) is 4.79 Å². The largest absolute Gasteiger partial charge is 0.497 e. The fourth-order valence-corrected chi connectivity index (χ4v) is 1.74. The molecule has 0 aliphatic rings. The van der Waals surface area contributed by atoms with Gasteiger partial charge < -0.3 is 9.47 Å². The average molecular weight is 243 g/mol. The molecule has 1 aromatic carbocycles. The summed E-state index contributed by atoms with van der Waals surface area (Å²) in [7, 11) is 3.11. The third kappa shape index (κ3) is 2.67. The number of Topliss-reactive ketones (excluding diaryl/α,β-unsaturated/α-hetero) is 1. The highest BCUT2D eigenvalue weighted by atomic mass is 35.5. The van der Waals surface area contributed by atoms with E-state index in [1.165, 1.54) is 7.11 Å². The number of carbonyl (C=O) groups excluding carboxylic acids is 1. The molecule has 0 fully saturated rings. The van der Waals surface area contributed by atoms with Gasteiger partial charge in [0.1, 0.15) is 11.5 Å². The van der Waals surface area contributed by atoms with Crippen molar-refractivity contribution in [3.05, 3.63) is 23.3 Å². The van der Waals surface area contributed by atoms with Crippen molar-refractivity contribution in [2.45, 2.75) is 13.3 Å². The van der Waals surface area contributed by atoms with Gasteiger partial charge in [-0.3, -0.25) is 4.79 Å². The molecule has 0 bridgehead atoms. The number of halogens is 1. The quantitative estimate of drug-likeness (QED) is 0.588. The van der Waals surface area contributed by atoms with Gasteiger partial charge in [-0.05, 0) is 18.6 Å². The summed E-state index contributed by atoms with van der Waals surface area (Å²) < 4.78 is 10.3. The SMILES string of the molecule is COc1cc(C)c(C(=O)CCCl)c(OC)c1. The Morgan fingerprint density at radius 2 is 2.00 bits per heavy atom. The number of hydrogen-bond acceptors (Lipinski definition) is 3. The molecule has 16 heavy (non-hydrogen) atoms. The minimum Gasteiger partial charge on any atom is -0.497 e. The van der Waals surface area contributed by atoms with Crippen LogP contribution in [0.5, 0.6) is 11.5 Å². The molecule has 0 aromatic heterocycles. The number of aryl methyl sites for hydroxylation is 1. The lowest BCUT2D eigenvalue weighted by molar-refractivity contribution is 0.0985. The monoisotopic (exact) mass is 242 g/mol. The fourth-order valence-electron chi connectivity index (χ4n) is 1.57. The van der Waals surface area contributed by atoms with E-state index in [4.69, 9.17) is 21.1 Å². The topological polar surface area (TPSA) is 35.5 Å². The zero-order valence-electron chi connectivity index (χ0n) is 9.67. The second kappa shape index (κ2) is 5.75. The molecule has 0 heterocycles. The predicted molar refractivity (Wildman–Crippen MR) is 64.0 cm³/mol. The summed E-state index contributed by atoms with van der Waals surface area (Å²) in [5.74, 6) is 1.52. The maximum Gasteiger partial charge on any atom is 0.168 e. The normalized spacial score (nSPS) is 10.0. The van der Waals surface area contributed by atoms with Crippen LogP contribution < -0.4 is 9.47 Å². The lowest BCUT2D eigenvalue weighted by atomic mass is 10.0. The van der Waals surface area contributed by atoms with Gasteiger partial charge in [0, 0.05) is 18.4 Å². The van der Waals surface area contributed by atoms with E-state index in [1.807, 2.05) is 13.0 Å². The molecule has 0 aliphatic carbocycles. The second-order valence-corrected chi connectivity index (χ2v) is 3.76. The summed E-state index contributed by atoms with van der Waals surface area (Å²) in [6, 6.07) is 3.51. The van der Waals surface area contributed by atoms with Crippen LogP contribution in [-0.4, -0.2) is 25.9 Å². The van der Waals surface area contributed by atoms with E-state index in [-0.39, 0.29) is 5.78 Å². The Morgan fingerprint density at radius 1 is 1.31 bits per heavy atom. The van der Waals surface area contributed by atoms with Crippen LogP contribution in [0.1, 0.15) is 22.3 Å². The Bertz CT molecular complexity index is 388. The summed E-state index contributed by atoms with van der Waals surface area (Å²) in [4.78, 5) is 11.8. The van der Waals surface area contributed by atoms with E-state index in [2.05, 4.69) is 0 Å². The Kier molecular flexibility index (Phi) is 4.62. The van der Waals surface area contributed by atoms with Crippen molar-refractivity contribution in [3.63, 3.8) is 0 Å². The van der Waals surface area contributed by atoms with Gasteiger partial charge in [0.05, 0.1) is 19.8 Å². The third-order valence-corrected chi connectivity index (χ3v) is 2.52. The lowest BCUT2D eigenvalue weighted by Gasteiger charge is -2.12. The van der Waals surface area contributed by atoms with Crippen LogP contribution in [0, 0.1) is 6.92 Å². The Labute approximate surface area is 100 Å². The zero-order valence-corrected chi connectivity index (χ0v) is 10.4. The molecule has 3 nitrogen and oxygen atoms in total. The number of ketones is 1. The Morgan fingerprint density at radius 3 is 2.50 bits per heavy atom. The minimum atomic E-state index is -0.00740.